The molecule has 1 amide bonds. The molecule has 3 aromatic rings. The highest BCUT2D eigenvalue weighted by Gasteiger charge is 2.09. The van der Waals surface area contributed by atoms with Crippen LogP contribution in [0.5, 0.6) is 5.75 Å². The van der Waals surface area contributed by atoms with Gasteiger partial charge in [0.05, 0.1) is 13.2 Å². The maximum Gasteiger partial charge on any atom is 0.257 e. The molecular formula is C23H23N3O2. The third-order valence-electron chi connectivity index (χ3n) is 3.96. The highest BCUT2D eigenvalue weighted by molar-refractivity contribution is 6.09. The average molecular weight is 373 g/mol. The van der Waals surface area contributed by atoms with Crippen molar-refractivity contribution in [2.24, 2.45) is 4.99 Å². The minimum atomic E-state index is -0.217. The predicted octanol–water partition coefficient (Wildman–Crippen LogP) is 4.48. The molecule has 5 nitrogen and oxygen atoms in total. The zero-order chi connectivity index (χ0) is 19.6. The largest absolute Gasteiger partial charge is 0.494 e. The first-order valence-corrected chi connectivity index (χ1v) is 9.19. The molecule has 0 unspecified atom stereocenters. The van der Waals surface area contributed by atoms with Gasteiger partial charge in [-0.05, 0) is 48.9 Å². The van der Waals surface area contributed by atoms with Crippen LogP contribution in [0.4, 0.5) is 5.69 Å². The summed E-state index contributed by atoms with van der Waals surface area (Å²) in [4.78, 5) is 17.1. The van der Waals surface area contributed by atoms with Crippen LogP contribution in [-0.2, 0) is 6.54 Å². The Morgan fingerprint density at radius 2 is 1.54 bits per heavy atom. The molecular weight excluding hydrogens is 350 g/mol. The lowest BCUT2D eigenvalue weighted by atomic mass is 10.2. The van der Waals surface area contributed by atoms with Crippen LogP contribution in [0.2, 0.25) is 0 Å². The quantitative estimate of drug-likeness (QED) is 0.494. The summed E-state index contributed by atoms with van der Waals surface area (Å²) in [6.45, 7) is 3.01. The number of hydrogen-bond acceptors (Lipinski definition) is 3. The van der Waals surface area contributed by atoms with Crippen molar-refractivity contribution < 1.29 is 9.53 Å². The fourth-order valence-electron chi connectivity index (χ4n) is 2.57. The molecule has 0 aliphatic rings. The number of guanidine groups is 1. The van der Waals surface area contributed by atoms with E-state index in [1.54, 1.807) is 12.1 Å². The van der Waals surface area contributed by atoms with E-state index in [9.17, 15) is 4.79 Å². The van der Waals surface area contributed by atoms with Crippen molar-refractivity contribution in [3.63, 3.8) is 0 Å². The van der Waals surface area contributed by atoms with Gasteiger partial charge in [0.15, 0.2) is 0 Å². The Kier molecular flexibility index (Phi) is 6.79. The van der Waals surface area contributed by atoms with Gasteiger partial charge in [-0.2, -0.15) is 0 Å². The SMILES string of the molecule is CCOc1ccc(NC(=NCc2ccccc2)NC(=O)c2ccccc2)cc1. The average Bonchev–Trinajstić information content (AvgIpc) is 2.75. The Bertz CT molecular complexity index is 908. The number of anilines is 1. The number of carbonyl (C=O) groups excluding carboxylic acids is 1. The van der Waals surface area contributed by atoms with Crippen LogP contribution in [0.15, 0.2) is 89.9 Å². The molecule has 2 N–H and O–H groups in total. The van der Waals surface area contributed by atoms with Gasteiger partial charge in [-0.3, -0.25) is 10.1 Å². The zero-order valence-electron chi connectivity index (χ0n) is 15.8. The number of benzene rings is 3. The third-order valence-corrected chi connectivity index (χ3v) is 3.96. The molecule has 142 valence electrons. The van der Waals surface area contributed by atoms with E-state index in [2.05, 4.69) is 15.6 Å². The van der Waals surface area contributed by atoms with Gasteiger partial charge >= 0.3 is 0 Å². The fraction of sp³-hybridized carbons (Fsp3) is 0.130. The van der Waals surface area contributed by atoms with Crippen LogP contribution in [0.25, 0.3) is 0 Å². The molecule has 0 bridgehead atoms. The first-order chi connectivity index (χ1) is 13.7. The number of nitrogens with one attached hydrogen (secondary N) is 2. The molecule has 5 heteroatoms. The van der Waals surface area contributed by atoms with Gasteiger partial charge < -0.3 is 10.1 Å². The van der Waals surface area contributed by atoms with E-state index >= 15 is 0 Å². The second-order valence-corrected chi connectivity index (χ2v) is 6.05. The topological polar surface area (TPSA) is 62.7 Å². The fourth-order valence-corrected chi connectivity index (χ4v) is 2.57. The van der Waals surface area contributed by atoms with E-state index in [0.717, 1.165) is 17.0 Å². The molecule has 0 aliphatic heterocycles. The molecule has 0 saturated carbocycles. The molecule has 0 fully saturated rings. The first kappa shape index (κ1) is 19.2. The number of amides is 1. The molecule has 0 spiro atoms. The molecule has 0 saturated heterocycles. The lowest BCUT2D eigenvalue weighted by Crippen LogP contribution is -2.36. The Morgan fingerprint density at radius 3 is 2.18 bits per heavy atom. The van der Waals surface area contributed by atoms with Gasteiger partial charge in [-0.25, -0.2) is 4.99 Å². The van der Waals surface area contributed by atoms with Gasteiger partial charge in [0.2, 0.25) is 5.96 Å². The van der Waals surface area contributed by atoms with Gasteiger partial charge in [0, 0.05) is 11.3 Å². The number of rotatable bonds is 6. The summed E-state index contributed by atoms with van der Waals surface area (Å²) in [5.41, 5.74) is 2.44. The lowest BCUT2D eigenvalue weighted by Gasteiger charge is -2.12. The van der Waals surface area contributed by atoms with Gasteiger partial charge in [0.25, 0.3) is 5.91 Å². The Balaban J connectivity index is 1.76. The predicted molar refractivity (Wildman–Crippen MR) is 113 cm³/mol. The number of nitrogens with zero attached hydrogens (tertiary/aromatic N) is 1. The monoisotopic (exact) mass is 373 g/mol. The molecule has 28 heavy (non-hydrogen) atoms. The van der Waals surface area contributed by atoms with Crippen LogP contribution in [0, 0.1) is 0 Å². The van der Waals surface area contributed by atoms with E-state index in [4.69, 9.17) is 4.74 Å². The summed E-state index contributed by atoms with van der Waals surface area (Å²) < 4.78 is 5.47. The molecule has 0 radical (unpaired) electrons. The van der Waals surface area contributed by atoms with Crippen molar-refractivity contribution in [3.05, 3.63) is 96.1 Å². The van der Waals surface area contributed by atoms with Crippen LogP contribution >= 0.6 is 0 Å². The van der Waals surface area contributed by atoms with E-state index in [0.29, 0.717) is 24.7 Å². The summed E-state index contributed by atoms with van der Waals surface area (Å²) in [5.74, 6) is 0.969. The summed E-state index contributed by atoms with van der Waals surface area (Å²) in [7, 11) is 0. The highest BCUT2D eigenvalue weighted by atomic mass is 16.5. The molecule has 0 atom stereocenters. The minimum Gasteiger partial charge on any atom is -0.494 e. The summed E-state index contributed by atoms with van der Waals surface area (Å²) >= 11 is 0. The van der Waals surface area contributed by atoms with E-state index < -0.39 is 0 Å². The van der Waals surface area contributed by atoms with E-state index in [1.165, 1.54) is 0 Å². The Labute approximate surface area is 165 Å². The van der Waals surface area contributed by atoms with Gasteiger partial charge in [0.1, 0.15) is 5.75 Å². The molecule has 3 rings (SSSR count). The summed E-state index contributed by atoms with van der Waals surface area (Å²) in [6.07, 6.45) is 0. The number of hydrogen-bond donors (Lipinski definition) is 2. The van der Waals surface area contributed by atoms with Crippen molar-refractivity contribution in [1.82, 2.24) is 5.32 Å². The summed E-state index contributed by atoms with van der Waals surface area (Å²) in [6, 6.07) is 26.5. The van der Waals surface area contributed by atoms with Crippen molar-refractivity contribution in [2.75, 3.05) is 11.9 Å². The molecule has 0 heterocycles. The normalized spacial score (nSPS) is 11.0. The maximum atomic E-state index is 12.5. The second kappa shape index (κ2) is 9.92. The highest BCUT2D eigenvalue weighted by Crippen LogP contribution is 2.15. The molecule has 0 aromatic heterocycles. The first-order valence-electron chi connectivity index (χ1n) is 9.19. The van der Waals surface area contributed by atoms with E-state index in [-0.39, 0.29) is 5.91 Å². The maximum absolute atomic E-state index is 12.5. The third kappa shape index (κ3) is 5.71. The van der Waals surface area contributed by atoms with Crippen LogP contribution < -0.4 is 15.4 Å². The lowest BCUT2D eigenvalue weighted by molar-refractivity contribution is 0.0977. The van der Waals surface area contributed by atoms with Crippen LogP contribution in [-0.4, -0.2) is 18.5 Å². The number of carbonyl (C=O) groups is 1. The zero-order valence-corrected chi connectivity index (χ0v) is 15.8. The van der Waals surface area contributed by atoms with Crippen molar-refractivity contribution in [1.29, 1.82) is 0 Å². The molecule has 0 aliphatic carbocycles. The summed E-state index contributed by atoms with van der Waals surface area (Å²) in [5, 5.41) is 6.04. The van der Waals surface area contributed by atoms with Crippen LogP contribution in [0.3, 0.4) is 0 Å². The minimum absolute atomic E-state index is 0.217. The Morgan fingerprint density at radius 1 is 0.893 bits per heavy atom. The second-order valence-electron chi connectivity index (χ2n) is 6.05. The van der Waals surface area contributed by atoms with Gasteiger partial charge in [-0.1, -0.05) is 48.5 Å². The van der Waals surface area contributed by atoms with Crippen molar-refractivity contribution in [3.8, 4) is 5.75 Å². The van der Waals surface area contributed by atoms with Crippen LogP contribution in [0.1, 0.15) is 22.8 Å². The Hall–Kier alpha value is -3.60. The van der Waals surface area contributed by atoms with E-state index in [1.807, 2.05) is 79.7 Å². The van der Waals surface area contributed by atoms with Crippen molar-refractivity contribution >= 4 is 17.6 Å². The van der Waals surface area contributed by atoms with Crippen molar-refractivity contribution in [2.45, 2.75) is 13.5 Å². The number of ether oxygens (including phenoxy) is 1. The smallest absolute Gasteiger partial charge is 0.257 e. The molecule has 3 aromatic carbocycles. The standard InChI is InChI=1S/C23H23N3O2/c1-2-28-21-15-13-20(14-16-21)25-23(24-17-18-9-5-3-6-10-18)26-22(27)19-11-7-4-8-12-19/h3-16H,2,17H2,1H3,(H2,24,25,26,27). The van der Waals surface area contributed by atoms with Gasteiger partial charge in [-0.15, -0.1) is 0 Å². The number of aliphatic imine (C=N–C) groups is 1.